The molecule has 1 N–H and O–H groups in total. The molecule has 0 atom stereocenters. The van der Waals surface area contributed by atoms with Crippen molar-refractivity contribution in [3.05, 3.63) is 34.3 Å². The first kappa shape index (κ1) is 12.7. The average Bonchev–Trinajstić information content (AvgIpc) is 2.00. The predicted molar refractivity (Wildman–Crippen MR) is 65.1 cm³/mol. The number of halogens is 1. The van der Waals surface area contributed by atoms with Crippen LogP contribution in [-0.2, 0) is 15.6 Å². The summed E-state index contributed by atoms with van der Waals surface area (Å²) in [6, 6.07) is 7.56. The maximum absolute atomic E-state index is 11.2. The SMILES string of the molecule is CC(C)(NS(C)(=O)=O)c1ccc(Br)cc1. The summed E-state index contributed by atoms with van der Waals surface area (Å²) in [6.07, 6.45) is 1.16. The summed E-state index contributed by atoms with van der Waals surface area (Å²) in [5.41, 5.74) is 0.338. The van der Waals surface area contributed by atoms with E-state index in [9.17, 15) is 8.42 Å². The summed E-state index contributed by atoms with van der Waals surface area (Å²) in [4.78, 5) is 0. The van der Waals surface area contributed by atoms with E-state index in [1.165, 1.54) is 0 Å². The maximum Gasteiger partial charge on any atom is 0.209 e. The van der Waals surface area contributed by atoms with Crippen LogP contribution in [0.5, 0.6) is 0 Å². The molecule has 0 radical (unpaired) electrons. The maximum atomic E-state index is 11.2. The van der Waals surface area contributed by atoms with Crippen LogP contribution in [0, 0.1) is 0 Å². The van der Waals surface area contributed by atoms with E-state index in [1.807, 2.05) is 38.1 Å². The van der Waals surface area contributed by atoms with Crippen LogP contribution in [0.4, 0.5) is 0 Å². The molecule has 0 saturated heterocycles. The highest BCUT2D eigenvalue weighted by molar-refractivity contribution is 9.10. The Morgan fingerprint density at radius 1 is 1.20 bits per heavy atom. The molecule has 0 bridgehead atoms. The number of hydrogen-bond donors (Lipinski definition) is 1. The lowest BCUT2D eigenvalue weighted by Crippen LogP contribution is -2.40. The van der Waals surface area contributed by atoms with E-state index in [0.29, 0.717) is 0 Å². The molecule has 5 heteroatoms. The summed E-state index contributed by atoms with van der Waals surface area (Å²) in [6.45, 7) is 3.66. The van der Waals surface area contributed by atoms with Crippen molar-refractivity contribution in [2.45, 2.75) is 19.4 Å². The van der Waals surface area contributed by atoms with E-state index in [2.05, 4.69) is 20.7 Å². The number of hydrogen-bond acceptors (Lipinski definition) is 2. The molecule has 0 aromatic heterocycles. The van der Waals surface area contributed by atoms with E-state index < -0.39 is 15.6 Å². The van der Waals surface area contributed by atoms with Crippen molar-refractivity contribution < 1.29 is 8.42 Å². The lowest BCUT2D eigenvalue weighted by Gasteiger charge is -2.25. The second-order valence-electron chi connectivity index (χ2n) is 4.01. The Labute approximate surface area is 99.1 Å². The number of rotatable bonds is 3. The van der Waals surface area contributed by atoms with Crippen LogP contribution in [0.15, 0.2) is 28.7 Å². The minimum absolute atomic E-state index is 0.589. The molecule has 15 heavy (non-hydrogen) atoms. The molecule has 0 aliphatic rings. The van der Waals surface area contributed by atoms with Crippen LogP contribution in [0.25, 0.3) is 0 Å². The van der Waals surface area contributed by atoms with Crippen LogP contribution in [0.1, 0.15) is 19.4 Å². The number of sulfonamides is 1. The highest BCUT2D eigenvalue weighted by Gasteiger charge is 2.23. The summed E-state index contributed by atoms with van der Waals surface area (Å²) in [5.74, 6) is 0. The fraction of sp³-hybridized carbons (Fsp3) is 0.400. The van der Waals surface area contributed by atoms with E-state index >= 15 is 0 Å². The highest BCUT2D eigenvalue weighted by Crippen LogP contribution is 2.22. The van der Waals surface area contributed by atoms with Gasteiger partial charge in [0.05, 0.1) is 11.8 Å². The molecule has 0 fully saturated rings. The summed E-state index contributed by atoms with van der Waals surface area (Å²) in [7, 11) is -3.20. The average molecular weight is 292 g/mol. The van der Waals surface area contributed by atoms with Gasteiger partial charge in [-0.05, 0) is 31.5 Å². The molecule has 1 aromatic rings. The van der Waals surface area contributed by atoms with Crippen LogP contribution in [0.3, 0.4) is 0 Å². The molecular formula is C10H14BrNO2S. The number of benzene rings is 1. The molecule has 0 aliphatic carbocycles. The summed E-state index contributed by atoms with van der Waals surface area (Å²) >= 11 is 3.33. The van der Waals surface area contributed by atoms with Crippen LogP contribution >= 0.6 is 15.9 Å². The zero-order valence-corrected chi connectivity index (χ0v) is 11.3. The minimum Gasteiger partial charge on any atom is -0.213 e. The van der Waals surface area contributed by atoms with Crippen molar-refractivity contribution in [2.24, 2.45) is 0 Å². The van der Waals surface area contributed by atoms with E-state index in [-0.39, 0.29) is 0 Å². The largest absolute Gasteiger partial charge is 0.213 e. The van der Waals surface area contributed by atoms with Gasteiger partial charge in [-0.15, -0.1) is 0 Å². The second kappa shape index (κ2) is 4.23. The fourth-order valence-electron chi connectivity index (χ4n) is 1.39. The standard InChI is InChI=1S/C10H14BrNO2S/c1-10(2,12-15(3,13)14)8-4-6-9(11)7-5-8/h4-7,12H,1-3H3. The molecule has 0 unspecified atom stereocenters. The Morgan fingerprint density at radius 2 is 1.67 bits per heavy atom. The van der Waals surface area contributed by atoms with Gasteiger partial charge in [0, 0.05) is 4.47 Å². The minimum atomic E-state index is -3.20. The Morgan fingerprint density at radius 3 is 2.07 bits per heavy atom. The van der Waals surface area contributed by atoms with Crippen LogP contribution in [-0.4, -0.2) is 14.7 Å². The van der Waals surface area contributed by atoms with Gasteiger partial charge in [-0.3, -0.25) is 0 Å². The first-order valence-electron chi connectivity index (χ1n) is 4.46. The Kier molecular flexibility index (Phi) is 3.58. The van der Waals surface area contributed by atoms with Gasteiger partial charge in [0.15, 0.2) is 0 Å². The monoisotopic (exact) mass is 291 g/mol. The van der Waals surface area contributed by atoms with Gasteiger partial charge in [0.25, 0.3) is 0 Å². The van der Waals surface area contributed by atoms with Crippen molar-refractivity contribution >= 4 is 26.0 Å². The predicted octanol–water partition coefficient (Wildman–Crippen LogP) is 2.23. The van der Waals surface area contributed by atoms with E-state index in [1.54, 1.807) is 0 Å². The number of nitrogens with one attached hydrogen (secondary N) is 1. The third-order valence-corrected chi connectivity index (χ3v) is 3.42. The van der Waals surface area contributed by atoms with Crippen LogP contribution in [0.2, 0.25) is 0 Å². The van der Waals surface area contributed by atoms with Gasteiger partial charge in [-0.25, -0.2) is 13.1 Å². The molecule has 1 rings (SSSR count). The van der Waals surface area contributed by atoms with Gasteiger partial charge in [0.2, 0.25) is 10.0 Å². The summed E-state index contributed by atoms with van der Waals surface area (Å²) < 4.78 is 25.9. The quantitative estimate of drug-likeness (QED) is 0.928. The third-order valence-electron chi connectivity index (χ3n) is 2.01. The summed E-state index contributed by atoms with van der Waals surface area (Å²) in [5, 5.41) is 0. The molecular weight excluding hydrogens is 278 g/mol. The smallest absolute Gasteiger partial charge is 0.209 e. The topological polar surface area (TPSA) is 46.2 Å². The molecule has 3 nitrogen and oxygen atoms in total. The molecule has 0 saturated carbocycles. The van der Waals surface area contributed by atoms with Gasteiger partial charge in [-0.2, -0.15) is 0 Å². The molecule has 0 heterocycles. The van der Waals surface area contributed by atoms with Gasteiger partial charge >= 0.3 is 0 Å². The molecule has 0 spiro atoms. The Balaban J connectivity index is 3.00. The fourth-order valence-corrected chi connectivity index (χ4v) is 2.70. The second-order valence-corrected chi connectivity index (χ2v) is 6.67. The highest BCUT2D eigenvalue weighted by atomic mass is 79.9. The Hall–Kier alpha value is -0.390. The normalized spacial score (nSPS) is 12.8. The van der Waals surface area contributed by atoms with E-state index in [0.717, 1.165) is 16.3 Å². The lowest BCUT2D eigenvalue weighted by atomic mass is 9.96. The van der Waals surface area contributed by atoms with Crippen molar-refractivity contribution in [3.8, 4) is 0 Å². The zero-order chi connectivity index (χ0) is 11.7. The molecule has 0 aliphatic heterocycles. The first-order chi connectivity index (χ1) is 6.71. The third kappa shape index (κ3) is 3.93. The van der Waals surface area contributed by atoms with Crippen molar-refractivity contribution in [2.75, 3.05) is 6.26 Å². The van der Waals surface area contributed by atoms with Crippen LogP contribution < -0.4 is 4.72 Å². The van der Waals surface area contributed by atoms with Crippen molar-refractivity contribution in [1.82, 2.24) is 4.72 Å². The van der Waals surface area contributed by atoms with E-state index in [4.69, 9.17) is 0 Å². The molecule has 1 aromatic carbocycles. The first-order valence-corrected chi connectivity index (χ1v) is 7.14. The molecule has 0 amide bonds. The zero-order valence-electron chi connectivity index (χ0n) is 8.91. The van der Waals surface area contributed by atoms with Crippen molar-refractivity contribution in [3.63, 3.8) is 0 Å². The van der Waals surface area contributed by atoms with Gasteiger partial charge < -0.3 is 0 Å². The Bertz CT molecular complexity index is 437. The van der Waals surface area contributed by atoms with Gasteiger partial charge in [-0.1, -0.05) is 28.1 Å². The lowest BCUT2D eigenvalue weighted by molar-refractivity contribution is 0.475. The van der Waals surface area contributed by atoms with Gasteiger partial charge in [0.1, 0.15) is 0 Å². The van der Waals surface area contributed by atoms with Crippen molar-refractivity contribution in [1.29, 1.82) is 0 Å². The molecule has 84 valence electrons.